The van der Waals surface area contributed by atoms with Crippen LogP contribution in [0.3, 0.4) is 0 Å². The Morgan fingerprint density at radius 1 is 1.50 bits per heavy atom. The number of nitrogens with one attached hydrogen (secondary N) is 2. The van der Waals surface area contributed by atoms with Gasteiger partial charge in [0.25, 0.3) is 0 Å². The van der Waals surface area contributed by atoms with E-state index in [4.69, 9.17) is 10.8 Å². The molecule has 1 atom stereocenters. The number of nitrogens with zero attached hydrogens (tertiary/aromatic N) is 1. The van der Waals surface area contributed by atoms with Crippen molar-refractivity contribution >= 4 is 22.3 Å². The monoisotopic (exact) mass is 248 g/mol. The maximum atomic E-state index is 8.97. The van der Waals surface area contributed by atoms with Crippen LogP contribution in [0.4, 0.5) is 11.4 Å². The van der Waals surface area contributed by atoms with E-state index in [1.165, 1.54) is 0 Å². The van der Waals surface area contributed by atoms with Gasteiger partial charge in [0.05, 0.1) is 23.1 Å². The fourth-order valence-electron chi connectivity index (χ4n) is 2.05. The Balaban J connectivity index is 2.08. The highest BCUT2D eigenvalue weighted by Gasteiger charge is 2.08. The molecule has 98 valence electrons. The number of fused-ring (bicyclic) bond motifs is 1. The first kappa shape index (κ1) is 12.7. The maximum absolute atomic E-state index is 8.97. The number of benzene rings is 1. The third-order valence-corrected chi connectivity index (χ3v) is 3.31. The van der Waals surface area contributed by atoms with E-state index in [9.17, 15) is 0 Å². The molecule has 1 aromatic carbocycles. The lowest BCUT2D eigenvalue weighted by molar-refractivity contribution is 0.258. The second kappa shape index (κ2) is 5.73. The summed E-state index contributed by atoms with van der Waals surface area (Å²) in [5.41, 5.74) is 8.61. The number of H-pyrrole nitrogens is 1. The van der Waals surface area contributed by atoms with Crippen molar-refractivity contribution in [2.24, 2.45) is 5.92 Å². The molecule has 0 aliphatic carbocycles. The second-order valence-electron chi connectivity index (χ2n) is 4.56. The molecule has 0 aliphatic heterocycles. The van der Waals surface area contributed by atoms with E-state index < -0.39 is 0 Å². The van der Waals surface area contributed by atoms with Crippen LogP contribution in [0.2, 0.25) is 0 Å². The van der Waals surface area contributed by atoms with Crippen LogP contribution in [0.25, 0.3) is 10.9 Å². The van der Waals surface area contributed by atoms with Gasteiger partial charge in [-0.1, -0.05) is 13.3 Å². The highest BCUT2D eigenvalue weighted by Crippen LogP contribution is 2.25. The minimum Gasteiger partial charge on any atom is -0.397 e. The normalized spacial score (nSPS) is 12.8. The summed E-state index contributed by atoms with van der Waals surface area (Å²) in [6.45, 7) is 3.18. The SMILES string of the molecule is CCC(CCO)CNc1cc2[nH]ncc2cc1N. The summed E-state index contributed by atoms with van der Waals surface area (Å²) >= 11 is 0. The minimum atomic E-state index is 0.231. The van der Waals surface area contributed by atoms with Gasteiger partial charge in [0.15, 0.2) is 0 Å². The molecule has 5 N–H and O–H groups in total. The Labute approximate surface area is 106 Å². The first-order valence-electron chi connectivity index (χ1n) is 6.32. The molecule has 0 saturated carbocycles. The van der Waals surface area contributed by atoms with Gasteiger partial charge in [-0.2, -0.15) is 5.10 Å². The number of nitrogens with two attached hydrogens (primary N) is 1. The molecule has 1 heterocycles. The zero-order chi connectivity index (χ0) is 13.0. The first-order chi connectivity index (χ1) is 8.74. The molecule has 0 saturated heterocycles. The number of anilines is 2. The molecule has 1 aromatic heterocycles. The molecular formula is C13H20N4O. The van der Waals surface area contributed by atoms with Gasteiger partial charge in [0, 0.05) is 18.5 Å². The number of aliphatic hydroxyl groups is 1. The molecule has 5 nitrogen and oxygen atoms in total. The summed E-state index contributed by atoms with van der Waals surface area (Å²) in [4.78, 5) is 0. The van der Waals surface area contributed by atoms with Crippen LogP contribution in [0.15, 0.2) is 18.3 Å². The Morgan fingerprint density at radius 3 is 3.06 bits per heavy atom. The van der Waals surface area contributed by atoms with E-state index in [1.807, 2.05) is 12.1 Å². The summed E-state index contributed by atoms with van der Waals surface area (Å²) in [6.07, 6.45) is 3.62. The van der Waals surface area contributed by atoms with Gasteiger partial charge in [0.1, 0.15) is 0 Å². The smallest absolute Gasteiger partial charge is 0.0672 e. The van der Waals surface area contributed by atoms with Crippen molar-refractivity contribution in [3.05, 3.63) is 18.3 Å². The van der Waals surface area contributed by atoms with Crippen LogP contribution in [-0.2, 0) is 0 Å². The number of rotatable bonds is 6. The summed E-state index contributed by atoms with van der Waals surface area (Å²) in [6, 6.07) is 3.89. The van der Waals surface area contributed by atoms with Gasteiger partial charge in [-0.05, 0) is 24.5 Å². The molecule has 2 aromatic rings. The van der Waals surface area contributed by atoms with E-state index in [2.05, 4.69) is 22.4 Å². The lowest BCUT2D eigenvalue weighted by Gasteiger charge is -2.16. The van der Waals surface area contributed by atoms with Crippen LogP contribution < -0.4 is 11.1 Å². The van der Waals surface area contributed by atoms with Crippen LogP contribution >= 0.6 is 0 Å². The Kier molecular flexibility index (Phi) is 4.04. The van der Waals surface area contributed by atoms with Crippen LogP contribution in [0.1, 0.15) is 19.8 Å². The third-order valence-electron chi connectivity index (χ3n) is 3.31. The van der Waals surface area contributed by atoms with Crippen molar-refractivity contribution in [2.45, 2.75) is 19.8 Å². The molecule has 0 fully saturated rings. The van der Waals surface area contributed by atoms with Crippen LogP contribution in [0, 0.1) is 5.92 Å². The van der Waals surface area contributed by atoms with E-state index >= 15 is 0 Å². The maximum Gasteiger partial charge on any atom is 0.0672 e. The number of hydrogen-bond acceptors (Lipinski definition) is 4. The fourth-order valence-corrected chi connectivity index (χ4v) is 2.05. The lowest BCUT2D eigenvalue weighted by Crippen LogP contribution is -2.15. The summed E-state index contributed by atoms with van der Waals surface area (Å²) < 4.78 is 0. The van der Waals surface area contributed by atoms with Gasteiger partial charge < -0.3 is 16.2 Å². The van der Waals surface area contributed by atoms with E-state index in [1.54, 1.807) is 6.20 Å². The van der Waals surface area contributed by atoms with Crippen molar-refractivity contribution in [1.29, 1.82) is 0 Å². The number of aliphatic hydroxyl groups excluding tert-OH is 1. The Morgan fingerprint density at radius 2 is 2.33 bits per heavy atom. The van der Waals surface area contributed by atoms with Crippen molar-refractivity contribution in [1.82, 2.24) is 10.2 Å². The highest BCUT2D eigenvalue weighted by molar-refractivity contribution is 5.88. The van der Waals surface area contributed by atoms with E-state index in [0.29, 0.717) is 5.92 Å². The van der Waals surface area contributed by atoms with Gasteiger partial charge in [0.2, 0.25) is 0 Å². The van der Waals surface area contributed by atoms with Crippen molar-refractivity contribution in [3.63, 3.8) is 0 Å². The lowest BCUT2D eigenvalue weighted by atomic mass is 10.0. The molecule has 0 radical (unpaired) electrons. The van der Waals surface area contributed by atoms with Crippen LogP contribution in [-0.4, -0.2) is 28.5 Å². The Bertz CT molecular complexity index is 509. The molecule has 0 amide bonds. The standard InChI is InChI=1S/C13H20N4O/c1-2-9(3-4-18)7-15-13-6-12-10(5-11(13)14)8-16-17-12/h5-6,8-9,15,18H,2-4,7,14H2,1H3,(H,16,17). The topological polar surface area (TPSA) is 87.0 Å². The Hall–Kier alpha value is -1.75. The third kappa shape index (κ3) is 2.73. The average Bonchev–Trinajstić information content (AvgIpc) is 2.81. The predicted molar refractivity (Wildman–Crippen MR) is 74.5 cm³/mol. The molecule has 0 bridgehead atoms. The number of aromatic amines is 1. The average molecular weight is 248 g/mol. The zero-order valence-corrected chi connectivity index (χ0v) is 10.6. The molecule has 5 heteroatoms. The quantitative estimate of drug-likeness (QED) is 0.589. The molecular weight excluding hydrogens is 228 g/mol. The molecule has 2 rings (SSSR count). The van der Waals surface area contributed by atoms with E-state index in [0.717, 1.165) is 41.7 Å². The molecule has 18 heavy (non-hydrogen) atoms. The number of aromatic nitrogens is 2. The molecule has 1 unspecified atom stereocenters. The molecule has 0 spiro atoms. The fraction of sp³-hybridized carbons (Fsp3) is 0.462. The van der Waals surface area contributed by atoms with Crippen molar-refractivity contribution < 1.29 is 5.11 Å². The van der Waals surface area contributed by atoms with Gasteiger partial charge in [-0.25, -0.2) is 0 Å². The predicted octanol–water partition coefficient (Wildman–Crippen LogP) is 1.97. The largest absolute Gasteiger partial charge is 0.397 e. The molecule has 0 aliphatic rings. The summed E-state index contributed by atoms with van der Waals surface area (Å²) in [5, 5.41) is 20.2. The number of hydrogen-bond donors (Lipinski definition) is 4. The summed E-state index contributed by atoms with van der Waals surface area (Å²) in [7, 11) is 0. The first-order valence-corrected chi connectivity index (χ1v) is 6.32. The van der Waals surface area contributed by atoms with Gasteiger partial charge >= 0.3 is 0 Å². The van der Waals surface area contributed by atoms with Gasteiger partial charge in [-0.3, -0.25) is 5.10 Å². The minimum absolute atomic E-state index is 0.231. The van der Waals surface area contributed by atoms with E-state index in [-0.39, 0.29) is 6.61 Å². The zero-order valence-electron chi connectivity index (χ0n) is 10.6. The van der Waals surface area contributed by atoms with Gasteiger partial charge in [-0.15, -0.1) is 0 Å². The summed E-state index contributed by atoms with van der Waals surface area (Å²) in [5.74, 6) is 0.465. The highest BCUT2D eigenvalue weighted by atomic mass is 16.3. The van der Waals surface area contributed by atoms with Crippen molar-refractivity contribution in [2.75, 3.05) is 24.2 Å². The van der Waals surface area contributed by atoms with Crippen molar-refractivity contribution in [3.8, 4) is 0 Å². The second-order valence-corrected chi connectivity index (χ2v) is 4.56. The number of nitrogen functional groups attached to an aromatic ring is 1. The van der Waals surface area contributed by atoms with Crippen LogP contribution in [0.5, 0.6) is 0 Å².